The summed E-state index contributed by atoms with van der Waals surface area (Å²) in [7, 11) is 3.58. The average Bonchev–Trinajstić information content (AvgIpc) is 3.74. The second-order valence-electron chi connectivity index (χ2n) is 13.0. The molecule has 3 fully saturated rings. The number of nitrogens with two attached hydrogens (primary N) is 1. The number of aromatic nitrogens is 4. The van der Waals surface area contributed by atoms with Crippen LogP contribution < -0.4 is 36.1 Å². The van der Waals surface area contributed by atoms with E-state index in [1.807, 2.05) is 11.8 Å². The van der Waals surface area contributed by atoms with E-state index in [4.69, 9.17) is 39.1 Å². The van der Waals surface area contributed by atoms with Gasteiger partial charge in [-0.25, -0.2) is 14.8 Å². The first-order valence-electron chi connectivity index (χ1n) is 18.6. The van der Waals surface area contributed by atoms with Gasteiger partial charge in [0.1, 0.15) is 29.7 Å². The highest BCUT2D eigenvalue weighted by molar-refractivity contribution is 8.00. The maximum Gasteiger partial charge on any atom is 0.315 e. The predicted molar refractivity (Wildman–Crippen MR) is 211 cm³/mol. The highest BCUT2D eigenvalue weighted by Crippen LogP contribution is 2.40. The second kappa shape index (κ2) is 22.6. The van der Waals surface area contributed by atoms with E-state index >= 15 is 0 Å². The quantitative estimate of drug-likeness (QED) is 0.0388. The van der Waals surface area contributed by atoms with Crippen LogP contribution in [-0.4, -0.2) is 159 Å². The summed E-state index contributed by atoms with van der Waals surface area (Å²) in [5, 5.41) is 9.14. The molecule has 2 aromatic heterocycles. The van der Waals surface area contributed by atoms with E-state index in [1.54, 1.807) is 0 Å². The Morgan fingerprint density at radius 1 is 0.982 bits per heavy atom. The van der Waals surface area contributed by atoms with Gasteiger partial charge in [-0.3, -0.25) is 9.59 Å². The number of esters is 1. The third-order valence-electron chi connectivity index (χ3n) is 8.89. The van der Waals surface area contributed by atoms with Crippen molar-refractivity contribution >= 4 is 59.0 Å². The molecule has 5 N–H and O–H groups in total. The van der Waals surface area contributed by atoms with Crippen LogP contribution in [0.25, 0.3) is 0 Å². The van der Waals surface area contributed by atoms with Crippen LogP contribution in [0.4, 0.5) is 22.4 Å². The van der Waals surface area contributed by atoms with Gasteiger partial charge < -0.3 is 59.9 Å². The fourth-order valence-electron chi connectivity index (χ4n) is 5.98. The summed E-state index contributed by atoms with van der Waals surface area (Å²) in [6, 6.07) is 1.76. The molecule has 21 heteroatoms. The second-order valence-corrected chi connectivity index (χ2v) is 15.2. The Balaban J connectivity index is 0.966. The van der Waals surface area contributed by atoms with Crippen LogP contribution >= 0.6 is 23.5 Å². The molecule has 19 nitrogen and oxygen atoms in total. The number of carbonyl (C=O) groups excluding carboxylic acids is 3. The summed E-state index contributed by atoms with van der Waals surface area (Å²) in [5.41, 5.74) is 6.00. The molecular weight excluding hydrogens is 769 g/mol. The molecule has 3 aliphatic heterocycles. The number of hydrogen-bond acceptors (Lipinski definition) is 18. The number of carbonyl (C=O) groups is 3. The number of nitrogens with zero attached hydrogens (tertiary/aromatic N) is 6. The van der Waals surface area contributed by atoms with E-state index < -0.39 is 5.91 Å². The molecular formula is C35H52N10O9S2. The highest BCUT2D eigenvalue weighted by atomic mass is 32.2. The number of thioether (sulfide) groups is 1. The number of fused-ring (bicyclic) bond motifs is 1. The van der Waals surface area contributed by atoms with Crippen molar-refractivity contribution < 1.29 is 42.8 Å². The molecule has 0 bridgehead atoms. The Labute approximate surface area is 334 Å². The van der Waals surface area contributed by atoms with E-state index in [-0.39, 0.29) is 72.5 Å². The zero-order valence-electron chi connectivity index (χ0n) is 31.9. The molecule has 3 saturated heterocycles. The van der Waals surface area contributed by atoms with Gasteiger partial charge in [0.15, 0.2) is 5.16 Å². The van der Waals surface area contributed by atoms with Gasteiger partial charge in [-0.2, -0.15) is 21.7 Å². The average molecular weight is 821 g/mol. The number of methoxy groups -OCH3 is 1. The minimum atomic E-state index is -0.439. The van der Waals surface area contributed by atoms with Crippen LogP contribution in [0.5, 0.6) is 11.8 Å². The van der Waals surface area contributed by atoms with E-state index in [0.717, 1.165) is 69.0 Å². The van der Waals surface area contributed by atoms with Crippen molar-refractivity contribution in [2.75, 3.05) is 115 Å². The number of likely N-dealkylation sites (N-methyl/N-ethyl adjacent to an activating group) is 1. The molecule has 1 unspecified atom stereocenters. The number of unbranched alkanes of at least 4 members (excludes halogenated alkanes) is 1. The minimum Gasteiger partial charge on any atom is -0.480 e. The van der Waals surface area contributed by atoms with E-state index in [1.165, 1.54) is 13.2 Å². The number of piperazine rings is 1. The Morgan fingerprint density at radius 2 is 1.68 bits per heavy atom. The lowest BCUT2D eigenvalue weighted by molar-refractivity contribution is -0.145. The smallest absolute Gasteiger partial charge is 0.315 e. The number of rotatable bonds is 24. The topological polar surface area (TPSA) is 227 Å². The lowest BCUT2D eigenvalue weighted by atomic mass is 10.0. The van der Waals surface area contributed by atoms with Gasteiger partial charge >= 0.3 is 12.0 Å². The van der Waals surface area contributed by atoms with E-state index in [9.17, 15) is 14.4 Å². The molecule has 3 aliphatic rings. The molecule has 2 aromatic rings. The van der Waals surface area contributed by atoms with Gasteiger partial charge in [0.2, 0.25) is 23.6 Å². The van der Waals surface area contributed by atoms with Gasteiger partial charge in [0.05, 0.1) is 58.8 Å². The van der Waals surface area contributed by atoms with Gasteiger partial charge in [-0.05, 0) is 37.7 Å². The number of amides is 3. The lowest BCUT2D eigenvalue weighted by Gasteiger charge is -2.32. The summed E-state index contributed by atoms with van der Waals surface area (Å²) < 4.78 is 33.9. The van der Waals surface area contributed by atoms with Gasteiger partial charge in [-0.1, -0.05) is 13.0 Å². The van der Waals surface area contributed by atoms with Crippen LogP contribution in [0.15, 0.2) is 28.8 Å². The molecule has 5 rings (SSSR count). The zero-order chi connectivity index (χ0) is 39.7. The first-order chi connectivity index (χ1) is 27.2. The summed E-state index contributed by atoms with van der Waals surface area (Å²) in [5.74, 6) is 1.62. The molecule has 0 aromatic carbocycles. The lowest BCUT2D eigenvalue weighted by Crippen LogP contribution is -2.45. The Bertz CT molecular complexity index is 1620. The normalized spacial score (nSPS) is 19.2. The van der Waals surface area contributed by atoms with Crippen molar-refractivity contribution in [1.82, 2.24) is 35.5 Å². The number of urea groups is 1. The van der Waals surface area contributed by atoms with Crippen LogP contribution in [0.3, 0.4) is 0 Å². The maximum atomic E-state index is 12.1. The monoisotopic (exact) mass is 820 g/mol. The van der Waals surface area contributed by atoms with Crippen molar-refractivity contribution in [2.24, 2.45) is 0 Å². The number of nitrogens with one attached hydrogen (secondary N) is 3. The summed E-state index contributed by atoms with van der Waals surface area (Å²) in [6.07, 6.45) is 4.13. The molecule has 308 valence electrons. The molecule has 0 saturated carbocycles. The SMILES string of the molecule is C=CC(=O)Nc1cc(N)nc(Sc2c(OC)nc(N3CCN(C)CC3)nc2OCCOCCOCCOCCOC(=O)CCCCC2SC[C@@H]3NC(=O)N[C@H]23)n1. The number of anilines is 3. The van der Waals surface area contributed by atoms with E-state index in [2.05, 4.69) is 54.3 Å². The van der Waals surface area contributed by atoms with Gasteiger partial charge in [0, 0.05) is 49.7 Å². The van der Waals surface area contributed by atoms with E-state index in [0.29, 0.717) is 55.5 Å². The summed E-state index contributed by atoms with van der Waals surface area (Å²) >= 11 is 2.96. The molecule has 5 heterocycles. The van der Waals surface area contributed by atoms with Crippen molar-refractivity contribution in [3.05, 3.63) is 18.7 Å². The number of nitrogen functional groups attached to an aromatic ring is 1. The van der Waals surface area contributed by atoms with Crippen LogP contribution in [-0.2, 0) is 28.5 Å². The Hall–Kier alpha value is -4.15. The third kappa shape index (κ3) is 13.5. The van der Waals surface area contributed by atoms with Gasteiger partial charge in [0.25, 0.3) is 0 Å². The minimum absolute atomic E-state index is 0.0830. The first-order valence-corrected chi connectivity index (χ1v) is 20.4. The van der Waals surface area contributed by atoms with Crippen molar-refractivity contribution in [1.29, 1.82) is 0 Å². The highest BCUT2D eigenvalue weighted by Gasteiger charge is 2.42. The fourth-order valence-corrected chi connectivity index (χ4v) is 8.41. The van der Waals surface area contributed by atoms with Crippen LogP contribution in [0, 0.1) is 0 Å². The third-order valence-corrected chi connectivity index (χ3v) is 11.3. The maximum absolute atomic E-state index is 12.1. The largest absolute Gasteiger partial charge is 0.480 e. The standard InChI is InChI=1S/C35H52N10O9S2/c1-4-27(46)39-26-21-25(36)38-35(40-26)56-30-31(49-3)42-33(45-11-9-44(2)10-12-45)43-32(30)54-20-18-52-16-14-50-13-15-51-17-19-53-28(47)8-6-5-7-24-29-23(22-55-24)37-34(48)41-29/h4,21,23-24,29H,1,5-20,22H2,2-3H3,(H2,37,41,48)(H3,36,38,39,40,46)/t23-,24?,29-/m0/s1. The van der Waals surface area contributed by atoms with Crippen LogP contribution in [0.2, 0.25) is 0 Å². The molecule has 3 atom stereocenters. The molecule has 0 aliphatic carbocycles. The summed E-state index contributed by atoms with van der Waals surface area (Å²) in [6.45, 7) is 8.99. The number of hydrogen-bond donors (Lipinski definition) is 4. The predicted octanol–water partition coefficient (Wildman–Crippen LogP) is 1.58. The fraction of sp³-hybridized carbons (Fsp3) is 0.629. The zero-order valence-corrected chi connectivity index (χ0v) is 33.5. The van der Waals surface area contributed by atoms with Crippen molar-refractivity contribution in [3.8, 4) is 11.8 Å². The molecule has 56 heavy (non-hydrogen) atoms. The first kappa shape index (κ1) is 43.0. The summed E-state index contributed by atoms with van der Waals surface area (Å²) in [4.78, 5) is 58.3. The molecule has 3 amide bonds. The Kier molecular flexibility index (Phi) is 17.3. The number of ether oxygens (including phenoxy) is 6. The van der Waals surface area contributed by atoms with Crippen molar-refractivity contribution in [3.63, 3.8) is 0 Å². The Morgan fingerprint density at radius 3 is 2.39 bits per heavy atom. The van der Waals surface area contributed by atoms with Crippen molar-refractivity contribution in [2.45, 2.75) is 53.1 Å². The molecule has 0 spiro atoms. The van der Waals surface area contributed by atoms with Crippen LogP contribution in [0.1, 0.15) is 25.7 Å². The molecule has 0 radical (unpaired) electrons. The van der Waals surface area contributed by atoms with Gasteiger partial charge in [-0.15, -0.1) is 0 Å².